The normalized spacial score (nSPS) is 21.4. The van der Waals surface area contributed by atoms with E-state index in [-0.39, 0.29) is 10.4 Å². The molecular weight excluding hydrogens is 280 g/mol. The van der Waals surface area contributed by atoms with Crippen LogP contribution in [0, 0.1) is 5.92 Å². The van der Waals surface area contributed by atoms with Crippen LogP contribution in [0.25, 0.3) is 11.0 Å². The summed E-state index contributed by atoms with van der Waals surface area (Å²) in [7, 11) is -3.53. The third kappa shape index (κ3) is 2.14. The number of hydrogen-bond donors (Lipinski definition) is 1. The molecule has 1 fully saturated rings. The molecule has 2 heterocycles. The summed E-state index contributed by atoms with van der Waals surface area (Å²) in [6, 6.07) is 4.46. The van der Waals surface area contributed by atoms with E-state index in [1.54, 1.807) is 6.07 Å². The fourth-order valence-electron chi connectivity index (χ4n) is 2.56. The number of benzene rings is 1. The van der Waals surface area contributed by atoms with Crippen LogP contribution < -0.4 is 0 Å². The first kappa shape index (κ1) is 13.3. The van der Waals surface area contributed by atoms with Crippen LogP contribution in [-0.2, 0) is 10.0 Å². The van der Waals surface area contributed by atoms with Crippen molar-refractivity contribution in [3.8, 4) is 0 Å². The van der Waals surface area contributed by atoms with Crippen molar-refractivity contribution in [3.63, 3.8) is 0 Å². The fraction of sp³-hybridized carbons (Fsp3) is 0.500. The predicted octanol–water partition coefficient (Wildman–Crippen LogP) is 1.09. The zero-order chi connectivity index (χ0) is 14.3. The Morgan fingerprint density at radius 2 is 2.20 bits per heavy atom. The van der Waals surface area contributed by atoms with Crippen LogP contribution in [0.15, 0.2) is 23.1 Å². The van der Waals surface area contributed by atoms with Crippen molar-refractivity contribution in [2.45, 2.75) is 24.7 Å². The SMILES string of the molecule is C[C@H]1CCCN(S(=O)(=O)c2ccc3nnn(O)c3c2)C1. The Hall–Kier alpha value is -1.67. The molecule has 1 aliphatic heterocycles. The third-order valence-corrected chi connectivity index (χ3v) is 5.52. The molecule has 0 unspecified atom stereocenters. The van der Waals surface area contributed by atoms with Gasteiger partial charge in [0.1, 0.15) is 11.0 Å². The van der Waals surface area contributed by atoms with Gasteiger partial charge in [-0.25, -0.2) is 8.42 Å². The van der Waals surface area contributed by atoms with Gasteiger partial charge in [0, 0.05) is 13.1 Å². The van der Waals surface area contributed by atoms with Gasteiger partial charge in [-0.1, -0.05) is 11.8 Å². The summed E-state index contributed by atoms with van der Waals surface area (Å²) >= 11 is 0. The molecule has 1 saturated heterocycles. The molecule has 0 saturated carbocycles. The lowest BCUT2D eigenvalue weighted by Gasteiger charge is -2.29. The highest BCUT2D eigenvalue weighted by Gasteiger charge is 2.29. The average Bonchev–Trinajstić information content (AvgIpc) is 2.80. The van der Waals surface area contributed by atoms with Gasteiger partial charge in [-0.15, -0.1) is 5.10 Å². The van der Waals surface area contributed by atoms with E-state index in [4.69, 9.17) is 0 Å². The van der Waals surface area contributed by atoms with Gasteiger partial charge < -0.3 is 5.21 Å². The summed E-state index contributed by atoms with van der Waals surface area (Å²) in [5.74, 6) is 0.368. The molecule has 0 spiro atoms. The fourth-order valence-corrected chi connectivity index (χ4v) is 4.18. The summed E-state index contributed by atoms with van der Waals surface area (Å²) in [5.41, 5.74) is 0.745. The number of rotatable bonds is 2. The van der Waals surface area contributed by atoms with Gasteiger partial charge in [-0.2, -0.15) is 4.31 Å². The van der Waals surface area contributed by atoms with Crippen molar-refractivity contribution in [1.82, 2.24) is 19.5 Å². The van der Waals surface area contributed by atoms with Crippen molar-refractivity contribution in [2.75, 3.05) is 13.1 Å². The molecule has 1 atom stereocenters. The maximum Gasteiger partial charge on any atom is 0.243 e. The van der Waals surface area contributed by atoms with Crippen LogP contribution in [-0.4, -0.2) is 46.2 Å². The van der Waals surface area contributed by atoms with Crippen molar-refractivity contribution in [1.29, 1.82) is 0 Å². The smallest absolute Gasteiger partial charge is 0.243 e. The van der Waals surface area contributed by atoms with Gasteiger partial charge >= 0.3 is 0 Å². The first-order valence-corrected chi connectivity index (χ1v) is 7.97. The van der Waals surface area contributed by atoms with Crippen LogP contribution in [0.1, 0.15) is 19.8 Å². The van der Waals surface area contributed by atoms with Crippen molar-refractivity contribution in [2.24, 2.45) is 5.92 Å². The van der Waals surface area contributed by atoms with E-state index in [1.165, 1.54) is 16.4 Å². The van der Waals surface area contributed by atoms with Gasteiger partial charge in [0.15, 0.2) is 0 Å². The molecule has 3 rings (SSSR count). The average molecular weight is 296 g/mol. The highest BCUT2D eigenvalue weighted by atomic mass is 32.2. The second-order valence-corrected chi connectivity index (χ2v) is 7.18. The van der Waals surface area contributed by atoms with Crippen LogP contribution in [0.3, 0.4) is 0 Å². The van der Waals surface area contributed by atoms with Gasteiger partial charge in [-0.05, 0) is 42.2 Å². The summed E-state index contributed by atoms with van der Waals surface area (Å²) in [4.78, 5) is 0.754. The van der Waals surface area contributed by atoms with Crippen LogP contribution in [0.2, 0.25) is 0 Å². The highest BCUT2D eigenvalue weighted by molar-refractivity contribution is 7.89. The predicted molar refractivity (Wildman–Crippen MR) is 71.9 cm³/mol. The second-order valence-electron chi connectivity index (χ2n) is 5.24. The molecule has 1 aromatic carbocycles. The number of piperidine rings is 1. The zero-order valence-corrected chi connectivity index (χ0v) is 11.9. The molecule has 2 aromatic rings. The monoisotopic (exact) mass is 296 g/mol. The number of sulfonamides is 1. The van der Waals surface area contributed by atoms with E-state index in [1.807, 2.05) is 0 Å². The quantitative estimate of drug-likeness (QED) is 0.838. The van der Waals surface area contributed by atoms with E-state index in [0.29, 0.717) is 29.4 Å². The summed E-state index contributed by atoms with van der Waals surface area (Å²) < 4.78 is 26.7. The van der Waals surface area contributed by atoms with Crippen molar-refractivity contribution in [3.05, 3.63) is 18.2 Å². The summed E-state index contributed by atoms with van der Waals surface area (Å²) in [5, 5.41) is 16.7. The minimum absolute atomic E-state index is 0.164. The van der Waals surface area contributed by atoms with E-state index in [2.05, 4.69) is 17.2 Å². The van der Waals surface area contributed by atoms with Gasteiger partial charge in [0.05, 0.1) is 4.90 Å². The third-order valence-electron chi connectivity index (χ3n) is 3.66. The summed E-state index contributed by atoms with van der Waals surface area (Å²) in [6.07, 6.45) is 1.93. The number of hydrogen-bond acceptors (Lipinski definition) is 5. The Kier molecular flexibility index (Phi) is 3.14. The van der Waals surface area contributed by atoms with Gasteiger partial charge in [0.25, 0.3) is 0 Å². The van der Waals surface area contributed by atoms with Gasteiger partial charge in [-0.3, -0.25) is 0 Å². The molecule has 1 N–H and O–H groups in total. The molecule has 8 heteroatoms. The summed E-state index contributed by atoms with van der Waals surface area (Å²) in [6.45, 7) is 3.13. The molecule has 0 aliphatic carbocycles. The minimum Gasteiger partial charge on any atom is -0.410 e. The number of fused-ring (bicyclic) bond motifs is 1. The topological polar surface area (TPSA) is 88.3 Å². The molecule has 1 aliphatic rings. The maximum atomic E-state index is 12.6. The molecule has 0 radical (unpaired) electrons. The molecule has 108 valence electrons. The number of aromatic nitrogens is 3. The Balaban J connectivity index is 2.02. The Morgan fingerprint density at radius 3 is 2.95 bits per heavy atom. The Morgan fingerprint density at radius 1 is 1.40 bits per heavy atom. The zero-order valence-electron chi connectivity index (χ0n) is 11.1. The van der Waals surface area contributed by atoms with Crippen molar-refractivity contribution < 1.29 is 13.6 Å². The lowest BCUT2D eigenvalue weighted by atomic mass is 10.0. The van der Waals surface area contributed by atoms with E-state index in [0.717, 1.165) is 12.8 Å². The van der Waals surface area contributed by atoms with Crippen LogP contribution in [0.5, 0.6) is 0 Å². The molecule has 0 amide bonds. The van der Waals surface area contributed by atoms with Crippen LogP contribution >= 0.6 is 0 Å². The molecule has 20 heavy (non-hydrogen) atoms. The maximum absolute atomic E-state index is 12.6. The Bertz CT molecular complexity index is 740. The van der Waals surface area contributed by atoms with E-state index in [9.17, 15) is 13.6 Å². The molecule has 1 aromatic heterocycles. The second kappa shape index (κ2) is 4.71. The van der Waals surface area contributed by atoms with Gasteiger partial charge in [0.2, 0.25) is 10.0 Å². The largest absolute Gasteiger partial charge is 0.410 e. The lowest BCUT2D eigenvalue weighted by molar-refractivity contribution is 0.154. The van der Waals surface area contributed by atoms with E-state index >= 15 is 0 Å². The molecule has 0 bridgehead atoms. The minimum atomic E-state index is -3.53. The van der Waals surface area contributed by atoms with E-state index < -0.39 is 10.0 Å². The first-order valence-electron chi connectivity index (χ1n) is 6.53. The molecule has 7 nitrogen and oxygen atoms in total. The van der Waals surface area contributed by atoms with Crippen molar-refractivity contribution >= 4 is 21.1 Å². The lowest BCUT2D eigenvalue weighted by Crippen LogP contribution is -2.39. The molecular formula is C12H16N4O3S. The number of nitrogens with zero attached hydrogens (tertiary/aromatic N) is 4. The first-order chi connectivity index (χ1) is 9.48. The highest BCUT2D eigenvalue weighted by Crippen LogP contribution is 2.25. The Labute approximate surface area is 116 Å². The standard InChI is InChI=1S/C12H16N4O3S/c1-9-3-2-6-15(8-9)20(18,19)10-4-5-11-12(7-10)16(17)14-13-11/h4-5,7,9,17H,2-3,6,8H2,1H3/t9-/m0/s1. The van der Waals surface area contributed by atoms with Crippen LogP contribution in [0.4, 0.5) is 0 Å².